The number of alkyl halides is 3. The highest BCUT2D eigenvalue weighted by Gasteiger charge is 2.36. The van der Waals surface area contributed by atoms with Crippen molar-refractivity contribution in [3.63, 3.8) is 0 Å². The lowest BCUT2D eigenvalue weighted by Crippen LogP contribution is -2.24. The van der Waals surface area contributed by atoms with Gasteiger partial charge in [0, 0.05) is 18.1 Å². The van der Waals surface area contributed by atoms with Crippen molar-refractivity contribution < 1.29 is 18.3 Å². The maximum Gasteiger partial charge on any atom is 0.452 e. The first-order valence-corrected chi connectivity index (χ1v) is 5.41. The smallest absolute Gasteiger partial charge is 0.391 e. The van der Waals surface area contributed by atoms with E-state index in [9.17, 15) is 18.3 Å². The molecule has 2 N–H and O–H groups in total. The van der Waals surface area contributed by atoms with Crippen molar-refractivity contribution in [3.8, 4) is 0 Å². The summed E-state index contributed by atoms with van der Waals surface area (Å²) in [4.78, 5) is 3.27. The molecule has 0 aliphatic heterocycles. The van der Waals surface area contributed by atoms with E-state index in [4.69, 9.17) is 0 Å². The van der Waals surface area contributed by atoms with Crippen LogP contribution in [0.1, 0.15) is 19.7 Å². The van der Waals surface area contributed by atoms with Gasteiger partial charge in [0.15, 0.2) is 0 Å². The molecule has 0 aromatic carbocycles. The van der Waals surface area contributed by atoms with Crippen LogP contribution in [0.3, 0.4) is 0 Å². The minimum absolute atomic E-state index is 0.0301. The second-order valence-corrected chi connectivity index (χ2v) is 4.37. The summed E-state index contributed by atoms with van der Waals surface area (Å²) in [6.07, 6.45) is -5.15. The molecule has 1 heterocycles. The molecule has 1 rings (SSSR count). The van der Waals surface area contributed by atoms with Crippen molar-refractivity contribution in [1.29, 1.82) is 0 Å². The van der Waals surface area contributed by atoms with Crippen molar-refractivity contribution in [1.82, 2.24) is 9.36 Å². The first-order chi connectivity index (χ1) is 7.30. The molecule has 1 atom stereocenters. The van der Waals surface area contributed by atoms with Gasteiger partial charge in [0.2, 0.25) is 11.0 Å². The van der Waals surface area contributed by atoms with Crippen molar-refractivity contribution >= 4 is 16.7 Å². The Morgan fingerprint density at radius 3 is 2.50 bits per heavy atom. The van der Waals surface area contributed by atoms with Crippen LogP contribution in [0.2, 0.25) is 0 Å². The van der Waals surface area contributed by atoms with Gasteiger partial charge in [0.1, 0.15) is 0 Å². The van der Waals surface area contributed by atoms with Gasteiger partial charge in [-0.1, -0.05) is 13.8 Å². The van der Waals surface area contributed by atoms with Crippen LogP contribution in [0.15, 0.2) is 0 Å². The lowest BCUT2D eigenvalue weighted by atomic mass is 10.1. The summed E-state index contributed by atoms with van der Waals surface area (Å²) in [5.74, 6) is -1.12. The van der Waals surface area contributed by atoms with Crippen molar-refractivity contribution in [2.45, 2.75) is 26.1 Å². The van der Waals surface area contributed by atoms with Gasteiger partial charge >= 0.3 is 6.18 Å². The summed E-state index contributed by atoms with van der Waals surface area (Å²) in [7, 11) is 0. The molecule has 0 amide bonds. The molecular formula is C8H12F3N3OS. The van der Waals surface area contributed by atoms with Gasteiger partial charge in [0.25, 0.3) is 0 Å². The fraction of sp³-hybridized carbons (Fsp3) is 0.750. The predicted octanol–water partition coefficient (Wildman–Crippen LogP) is 1.99. The third-order valence-corrected chi connectivity index (χ3v) is 2.58. The molecule has 4 nitrogen and oxygen atoms in total. The molecule has 0 saturated heterocycles. The molecule has 1 unspecified atom stereocenters. The first-order valence-electron chi connectivity index (χ1n) is 4.63. The van der Waals surface area contributed by atoms with Crippen LogP contribution in [0.25, 0.3) is 0 Å². The normalized spacial score (nSPS) is 14.2. The van der Waals surface area contributed by atoms with Crippen LogP contribution in [0.4, 0.5) is 18.3 Å². The standard InChI is InChI=1S/C8H12F3N3OS/c1-4(2)5(15)3-12-7-13-6(14-16-7)8(9,10)11/h4-5,15H,3H2,1-2H3,(H,12,13,14). The van der Waals surface area contributed by atoms with E-state index in [1.165, 1.54) is 0 Å². The van der Waals surface area contributed by atoms with Gasteiger partial charge in [-0.25, -0.2) is 0 Å². The van der Waals surface area contributed by atoms with E-state index in [2.05, 4.69) is 14.7 Å². The molecular weight excluding hydrogens is 243 g/mol. The molecule has 8 heteroatoms. The third-order valence-electron chi connectivity index (χ3n) is 1.91. The van der Waals surface area contributed by atoms with Crippen LogP contribution in [0, 0.1) is 5.92 Å². The Morgan fingerprint density at radius 2 is 2.06 bits per heavy atom. The molecule has 0 spiro atoms. The number of halogens is 3. The van der Waals surface area contributed by atoms with Gasteiger partial charge in [0.05, 0.1) is 6.10 Å². The first kappa shape index (κ1) is 13.2. The lowest BCUT2D eigenvalue weighted by molar-refractivity contribution is -0.144. The Kier molecular flexibility index (Phi) is 4.09. The molecule has 0 saturated carbocycles. The van der Waals surface area contributed by atoms with Crippen LogP contribution in [-0.4, -0.2) is 27.1 Å². The van der Waals surface area contributed by atoms with E-state index in [-0.39, 0.29) is 17.6 Å². The van der Waals surface area contributed by atoms with E-state index in [0.717, 1.165) is 0 Å². The fourth-order valence-electron chi connectivity index (χ4n) is 0.838. The molecule has 16 heavy (non-hydrogen) atoms. The minimum Gasteiger partial charge on any atom is -0.391 e. The Labute approximate surface area is 94.7 Å². The molecule has 0 aliphatic carbocycles. The Morgan fingerprint density at radius 1 is 1.44 bits per heavy atom. The van der Waals surface area contributed by atoms with Crippen molar-refractivity contribution in [2.24, 2.45) is 5.92 Å². The molecule has 92 valence electrons. The number of rotatable bonds is 4. The van der Waals surface area contributed by atoms with E-state index in [1.54, 1.807) is 0 Å². The van der Waals surface area contributed by atoms with E-state index < -0.39 is 18.1 Å². The Hall–Kier alpha value is -0.890. The average molecular weight is 255 g/mol. The van der Waals surface area contributed by atoms with E-state index >= 15 is 0 Å². The number of aliphatic hydroxyl groups is 1. The zero-order chi connectivity index (χ0) is 12.3. The number of nitrogens with one attached hydrogen (secondary N) is 1. The number of hydrogen-bond acceptors (Lipinski definition) is 5. The molecule has 1 aromatic heterocycles. The number of nitrogens with zero attached hydrogens (tertiary/aromatic N) is 2. The zero-order valence-electron chi connectivity index (χ0n) is 8.75. The second-order valence-electron chi connectivity index (χ2n) is 3.61. The summed E-state index contributed by atoms with van der Waals surface area (Å²) >= 11 is 0.627. The van der Waals surface area contributed by atoms with Crippen molar-refractivity contribution in [3.05, 3.63) is 5.82 Å². The van der Waals surface area contributed by atoms with Crippen LogP contribution in [0.5, 0.6) is 0 Å². The maximum atomic E-state index is 12.1. The zero-order valence-corrected chi connectivity index (χ0v) is 9.56. The SMILES string of the molecule is CC(C)C(O)CNc1nc(C(F)(F)F)ns1. The number of anilines is 1. The highest BCUT2D eigenvalue weighted by atomic mass is 32.1. The molecule has 0 fully saturated rings. The third kappa shape index (κ3) is 3.60. The number of aliphatic hydroxyl groups excluding tert-OH is 1. The largest absolute Gasteiger partial charge is 0.452 e. The van der Waals surface area contributed by atoms with Gasteiger partial charge < -0.3 is 10.4 Å². The summed E-state index contributed by atoms with van der Waals surface area (Å²) in [5.41, 5.74) is 0. The average Bonchev–Trinajstić information content (AvgIpc) is 2.61. The topological polar surface area (TPSA) is 58.0 Å². The predicted molar refractivity (Wildman–Crippen MR) is 54.2 cm³/mol. The van der Waals surface area contributed by atoms with Crippen LogP contribution < -0.4 is 5.32 Å². The van der Waals surface area contributed by atoms with Crippen LogP contribution >= 0.6 is 11.5 Å². The molecule has 0 radical (unpaired) electrons. The van der Waals surface area contributed by atoms with Gasteiger partial charge in [-0.15, -0.1) is 0 Å². The highest BCUT2D eigenvalue weighted by molar-refractivity contribution is 7.09. The summed E-state index contributed by atoms with van der Waals surface area (Å²) in [6.45, 7) is 3.78. The Bertz CT molecular complexity index is 340. The van der Waals surface area contributed by atoms with E-state index in [0.29, 0.717) is 11.5 Å². The quantitative estimate of drug-likeness (QED) is 0.863. The monoisotopic (exact) mass is 255 g/mol. The minimum atomic E-state index is -4.52. The summed E-state index contributed by atoms with van der Waals surface area (Å²) in [6, 6.07) is 0. The molecule has 0 bridgehead atoms. The van der Waals surface area contributed by atoms with Crippen molar-refractivity contribution in [2.75, 3.05) is 11.9 Å². The molecule has 0 aliphatic rings. The van der Waals surface area contributed by atoms with Crippen LogP contribution in [-0.2, 0) is 6.18 Å². The molecule has 1 aromatic rings. The maximum absolute atomic E-state index is 12.1. The second kappa shape index (κ2) is 4.96. The number of hydrogen-bond donors (Lipinski definition) is 2. The lowest BCUT2D eigenvalue weighted by Gasteiger charge is -2.13. The fourth-order valence-corrected chi connectivity index (χ4v) is 1.43. The Balaban J connectivity index is 2.53. The summed E-state index contributed by atoms with van der Waals surface area (Å²) < 4.78 is 39.6. The van der Waals surface area contributed by atoms with Gasteiger partial charge in [-0.05, 0) is 5.92 Å². The van der Waals surface area contributed by atoms with Gasteiger partial charge in [-0.2, -0.15) is 22.5 Å². The summed E-state index contributed by atoms with van der Waals surface area (Å²) in [5, 5.41) is 12.1. The van der Waals surface area contributed by atoms with E-state index in [1.807, 2.05) is 13.8 Å². The van der Waals surface area contributed by atoms with Gasteiger partial charge in [-0.3, -0.25) is 0 Å². The number of aromatic nitrogens is 2. The highest BCUT2D eigenvalue weighted by Crippen LogP contribution is 2.28.